The smallest absolute Gasteiger partial charge is 0.308 e. The highest BCUT2D eigenvalue weighted by molar-refractivity contribution is 7.17. The highest BCUT2D eigenvalue weighted by atomic mass is 32.1. The van der Waals surface area contributed by atoms with E-state index in [1.165, 1.54) is 140 Å². The summed E-state index contributed by atoms with van der Waals surface area (Å²) in [5, 5.41) is 6.66. The van der Waals surface area contributed by atoms with Crippen LogP contribution in [0.25, 0.3) is 0 Å². The number of nitrogens with one attached hydrogen (secondary N) is 2. The second kappa shape index (κ2) is 42.4. The minimum Gasteiger partial charge on any atom is -0.465 e. The number of unbranched alkanes of at least 4 members (excludes halogenated alkanes) is 23. The molecule has 12 heteroatoms. The van der Waals surface area contributed by atoms with Crippen LogP contribution in [0.4, 0.5) is 5.00 Å². The van der Waals surface area contributed by atoms with Gasteiger partial charge in [0, 0.05) is 43.8 Å². The number of rotatable bonds is 46. The molecule has 2 N–H and O–H groups in total. The topological polar surface area (TPSA) is 134 Å². The Morgan fingerprint density at radius 2 is 1.10 bits per heavy atom. The molecule has 0 unspecified atom stereocenters. The number of esters is 2. The minimum atomic E-state index is -0.208. The maximum absolute atomic E-state index is 13.7. The first-order chi connectivity index (χ1) is 34.5. The van der Waals surface area contributed by atoms with Crippen LogP contribution in [0.15, 0.2) is 0 Å². The van der Waals surface area contributed by atoms with E-state index in [0.29, 0.717) is 94.7 Å². The molecule has 0 fully saturated rings. The number of hydrogen-bond acceptors (Lipinski definition) is 9. The predicted octanol–water partition coefficient (Wildman–Crippen LogP) is 15.1. The van der Waals surface area contributed by atoms with Crippen molar-refractivity contribution in [2.24, 2.45) is 5.92 Å². The molecule has 2 heterocycles. The van der Waals surface area contributed by atoms with E-state index in [0.717, 1.165) is 68.2 Å². The summed E-state index contributed by atoms with van der Waals surface area (Å²) in [5.41, 5.74) is 1.42. The largest absolute Gasteiger partial charge is 0.465 e. The average molecular weight is 1020 g/mol. The van der Waals surface area contributed by atoms with Gasteiger partial charge in [-0.2, -0.15) is 0 Å². The van der Waals surface area contributed by atoms with Crippen LogP contribution in [-0.2, 0) is 41.6 Å². The first-order valence-electron chi connectivity index (χ1n) is 29.5. The molecule has 0 atom stereocenters. The predicted molar refractivity (Wildman–Crippen MR) is 296 cm³/mol. The van der Waals surface area contributed by atoms with Crippen LogP contribution in [0, 0.1) is 5.92 Å². The fraction of sp³-hybridized carbons (Fsp3) is 0.847. The van der Waals surface area contributed by atoms with Crippen molar-refractivity contribution in [3.8, 4) is 0 Å². The molecule has 0 radical (unpaired) electrons. The molecule has 71 heavy (non-hydrogen) atoms. The summed E-state index contributed by atoms with van der Waals surface area (Å²) in [6.07, 6.45) is 37.8. The number of hydrogen-bond donors (Lipinski definition) is 2. The highest BCUT2D eigenvalue weighted by Crippen LogP contribution is 2.38. The molecule has 0 saturated carbocycles. The second-order valence-electron chi connectivity index (χ2n) is 21.1. The maximum Gasteiger partial charge on any atom is 0.308 e. The van der Waals surface area contributed by atoms with Crippen molar-refractivity contribution in [3.05, 3.63) is 16.0 Å². The van der Waals surface area contributed by atoms with Gasteiger partial charge in [0.05, 0.1) is 24.6 Å². The number of ether oxygens (including phenoxy) is 2. The van der Waals surface area contributed by atoms with E-state index in [9.17, 15) is 24.0 Å². The summed E-state index contributed by atoms with van der Waals surface area (Å²) in [5.74, 6) is -0.534. The summed E-state index contributed by atoms with van der Waals surface area (Å²) in [4.78, 5) is 71.6. The Morgan fingerprint density at radius 1 is 0.606 bits per heavy atom. The van der Waals surface area contributed by atoms with Gasteiger partial charge in [0.1, 0.15) is 11.1 Å². The number of carbonyl (C=O) groups is 5. The van der Waals surface area contributed by atoms with Crippen LogP contribution in [0.1, 0.15) is 280 Å². The van der Waals surface area contributed by atoms with Gasteiger partial charge in [0.25, 0.3) is 5.91 Å². The molecule has 410 valence electrons. The quantitative estimate of drug-likeness (QED) is 0.0487. The van der Waals surface area contributed by atoms with Crippen LogP contribution < -0.4 is 10.6 Å². The molecule has 1 aromatic heterocycles. The fourth-order valence-corrected chi connectivity index (χ4v) is 11.0. The van der Waals surface area contributed by atoms with Crippen molar-refractivity contribution in [2.45, 2.75) is 278 Å². The van der Waals surface area contributed by atoms with Gasteiger partial charge in [-0.3, -0.25) is 24.0 Å². The normalized spacial score (nSPS) is 12.5. The van der Waals surface area contributed by atoms with E-state index in [1.807, 2.05) is 23.9 Å². The van der Waals surface area contributed by atoms with Crippen molar-refractivity contribution in [1.82, 2.24) is 15.1 Å². The number of thiophene rings is 1. The summed E-state index contributed by atoms with van der Waals surface area (Å²) in [7, 11) is 3.92. The van der Waals surface area contributed by atoms with Gasteiger partial charge in [-0.25, -0.2) is 0 Å². The summed E-state index contributed by atoms with van der Waals surface area (Å²) in [6, 6.07) is 0. The third-order valence-corrected chi connectivity index (χ3v) is 15.4. The van der Waals surface area contributed by atoms with Crippen LogP contribution in [0.3, 0.4) is 0 Å². The number of likely N-dealkylation sites (N-methyl/N-ethyl adjacent to an activating group) is 1. The van der Waals surface area contributed by atoms with Crippen LogP contribution in [-0.4, -0.2) is 85.9 Å². The Balaban J connectivity index is 1.90. The third kappa shape index (κ3) is 30.7. The SMILES string of the molecule is CCCCCCCCC(CCCCCCCC)OC(=O)CCCCC(=O)N1CCc2c(sc(NC(=O)CCCCCOC(=O)C(CCCCCCCC)CCCCCCCC)c2C(=O)NCCN(C)C)C1. The Bertz CT molecular complexity index is 1530. The Morgan fingerprint density at radius 3 is 1.65 bits per heavy atom. The van der Waals surface area contributed by atoms with E-state index >= 15 is 0 Å². The zero-order chi connectivity index (χ0) is 51.7. The molecule has 0 aromatic carbocycles. The molecule has 0 bridgehead atoms. The van der Waals surface area contributed by atoms with Gasteiger partial charge < -0.3 is 29.9 Å². The van der Waals surface area contributed by atoms with Gasteiger partial charge in [-0.1, -0.05) is 169 Å². The van der Waals surface area contributed by atoms with Crippen LogP contribution in [0.2, 0.25) is 0 Å². The molecule has 0 spiro atoms. The molecule has 2 rings (SSSR count). The monoisotopic (exact) mass is 1010 g/mol. The summed E-state index contributed by atoms with van der Waals surface area (Å²) in [6.45, 7) is 11.4. The Labute approximate surface area is 438 Å². The lowest BCUT2D eigenvalue weighted by Gasteiger charge is -2.27. The van der Waals surface area contributed by atoms with Crippen molar-refractivity contribution in [2.75, 3.05) is 45.7 Å². The number of nitrogens with zero attached hydrogens (tertiary/aromatic N) is 2. The fourth-order valence-electron chi connectivity index (χ4n) is 9.71. The molecule has 3 amide bonds. The molecule has 0 saturated heterocycles. The number of fused-ring (bicyclic) bond motifs is 1. The zero-order valence-electron chi connectivity index (χ0n) is 46.5. The van der Waals surface area contributed by atoms with Crippen LogP contribution in [0.5, 0.6) is 0 Å². The van der Waals surface area contributed by atoms with Crippen molar-refractivity contribution in [3.63, 3.8) is 0 Å². The second-order valence-corrected chi connectivity index (χ2v) is 22.2. The minimum absolute atomic E-state index is 0.00971. The van der Waals surface area contributed by atoms with Crippen LogP contribution >= 0.6 is 11.3 Å². The average Bonchev–Trinajstić information content (AvgIpc) is 3.71. The molecular weight excluding hydrogens is 909 g/mol. The van der Waals surface area contributed by atoms with E-state index in [1.54, 1.807) is 0 Å². The molecule has 11 nitrogen and oxygen atoms in total. The van der Waals surface area contributed by atoms with Gasteiger partial charge in [-0.05, 0) is 96.7 Å². The number of amides is 3. The van der Waals surface area contributed by atoms with Gasteiger partial charge >= 0.3 is 11.9 Å². The Hall–Kier alpha value is -2.99. The van der Waals surface area contributed by atoms with Gasteiger partial charge in [-0.15, -0.1) is 11.3 Å². The van der Waals surface area contributed by atoms with Gasteiger partial charge in [0.15, 0.2) is 0 Å². The van der Waals surface area contributed by atoms with E-state index in [2.05, 4.69) is 38.3 Å². The molecule has 1 aliphatic rings. The highest BCUT2D eigenvalue weighted by Gasteiger charge is 2.30. The van der Waals surface area contributed by atoms with Gasteiger partial charge in [0.2, 0.25) is 11.8 Å². The molecule has 1 aliphatic heterocycles. The number of carbonyl (C=O) groups excluding carboxylic acids is 5. The van der Waals surface area contributed by atoms with Crippen molar-refractivity contribution >= 4 is 46.0 Å². The van der Waals surface area contributed by atoms with Crippen molar-refractivity contribution in [1.29, 1.82) is 0 Å². The lowest BCUT2D eigenvalue weighted by molar-refractivity contribution is -0.150. The summed E-state index contributed by atoms with van der Waals surface area (Å²) < 4.78 is 11.9. The van der Waals surface area contributed by atoms with E-state index < -0.39 is 0 Å². The number of anilines is 1. The third-order valence-electron chi connectivity index (χ3n) is 14.3. The lowest BCUT2D eigenvalue weighted by Crippen LogP contribution is -2.36. The van der Waals surface area contributed by atoms with E-state index in [-0.39, 0.29) is 41.7 Å². The summed E-state index contributed by atoms with van der Waals surface area (Å²) >= 11 is 1.40. The lowest BCUT2D eigenvalue weighted by atomic mass is 9.94. The molecular formula is C59H106N4O7S. The van der Waals surface area contributed by atoms with E-state index in [4.69, 9.17) is 9.47 Å². The first-order valence-corrected chi connectivity index (χ1v) is 30.4. The standard InChI is InChI=1S/C59H106N4O7S/c1-7-11-15-19-23-28-36-49(37-29-24-20-16-12-8-2)59(68)69-47-35-27-32-40-53(64)61-58-56(57(67)60-44-46-62(5)6)51-43-45-63(48-52(51)71-58)54(65)41-33-34-42-55(66)70-50(38-30-25-21-17-13-9-3)39-31-26-22-18-14-10-4/h49-50H,7-48H2,1-6H3,(H,60,67)(H,61,64). The Kier molecular flexibility index (Phi) is 38.3. The molecule has 1 aromatic rings. The first kappa shape index (κ1) is 64.1. The zero-order valence-corrected chi connectivity index (χ0v) is 47.3. The maximum atomic E-state index is 13.7. The molecule has 0 aliphatic carbocycles. The van der Waals surface area contributed by atoms with Crippen molar-refractivity contribution < 1.29 is 33.4 Å².